The number of hydrogen-bond donors (Lipinski definition) is 2. The van der Waals surface area contributed by atoms with Crippen LogP contribution in [0.3, 0.4) is 0 Å². The molecule has 0 aliphatic rings. The molecule has 324 valence electrons. The topological polar surface area (TPSA) is 119 Å². The van der Waals surface area contributed by atoms with Gasteiger partial charge in [0.15, 0.2) is 0 Å². The van der Waals surface area contributed by atoms with E-state index >= 15 is 0 Å². The molecule has 0 saturated carbocycles. The number of aliphatic carboxylic acids is 1. The molecule has 0 aromatic heterocycles. The van der Waals surface area contributed by atoms with Gasteiger partial charge in [0.05, 0.1) is 0 Å². The number of amides is 1. The smallest absolute Gasteiger partial charge is 0.327 e. The summed E-state index contributed by atoms with van der Waals surface area (Å²) in [6, 6.07) is -1.04. The summed E-state index contributed by atoms with van der Waals surface area (Å²) in [6.07, 6.45) is 37.1. The maximum atomic E-state index is 12.8. The molecule has 2 N–H and O–H groups in total. The van der Waals surface area contributed by atoms with E-state index in [1.807, 2.05) is 0 Å². The van der Waals surface area contributed by atoms with Crippen molar-refractivity contribution in [2.24, 2.45) is 0 Å². The van der Waals surface area contributed by atoms with E-state index in [1.165, 1.54) is 153 Å². The predicted molar refractivity (Wildman–Crippen MR) is 232 cm³/mol. The second-order valence-corrected chi connectivity index (χ2v) is 17.0. The predicted octanol–water partition coefficient (Wildman–Crippen LogP) is 13.1. The van der Waals surface area contributed by atoms with Crippen LogP contribution in [0.25, 0.3) is 0 Å². The van der Waals surface area contributed by atoms with Crippen LogP contribution in [0.15, 0.2) is 0 Å². The molecule has 0 spiro atoms. The summed E-state index contributed by atoms with van der Waals surface area (Å²) in [7, 11) is 0. The second-order valence-electron chi connectivity index (χ2n) is 15.9. The Morgan fingerprint density at radius 3 is 1.20 bits per heavy atom. The van der Waals surface area contributed by atoms with Crippen LogP contribution in [-0.2, 0) is 28.7 Å². The molecule has 9 heteroatoms. The van der Waals surface area contributed by atoms with Crippen LogP contribution in [-0.4, -0.2) is 59.2 Å². The SMILES string of the molecule is CCCCCCCCCCCCCCCC(=O)N[C@@H](CSCC(COC(=O)CCCCCCCCCCC)OC(=O)CCCCCCCCCCC)C(=O)O. The summed E-state index contributed by atoms with van der Waals surface area (Å²) in [5.41, 5.74) is 0. The molecule has 0 aliphatic heterocycles. The first kappa shape index (κ1) is 53.2. The Kier molecular flexibility index (Phi) is 40.5. The number of hydrogen-bond acceptors (Lipinski definition) is 7. The monoisotopic (exact) mass is 798 g/mol. The van der Waals surface area contributed by atoms with Crippen molar-refractivity contribution in [3.8, 4) is 0 Å². The standard InChI is InChI=1S/C46H87NO7S/c1-4-7-10-13-16-19-20-21-22-25-26-29-32-35-43(48)47-42(46(51)52)40-55-39-41(54-45(50)37-34-31-28-24-18-15-12-9-6-3)38-53-44(49)36-33-30-27-23-17-14-11-8-5-2/h41-42H,4-40H2,1-3H3,(H,47,48)(H,51,52)/t41?,42-/m0/s1. The molecule has 0 radical (unpaired) electrons. The van der Waals surface area contributed by atoms with Crippen LogP contribution >= 0.6 is 11.8 Å². The molecule has 2 atom stereocenters. The van der Waals surface area contributed by atoms with Gasteiger partial charge in [0, 0.05) is 30.8 Å². The third-order valence-electron chi connectivity index (χ3n) is 10.4. The van der Waals surface area contributed by atoms with Gasteiger partial charge in [0.1, 0.15) is 18.8 Å². The lowest BCUT2D eigenvalue weighted by molar-refractivity contribution is -0.157. The largest absolute Gasteiger partial charge is 0.480 e. The van der Waals surface area contributed by atoms with Gasteiger partial charge in [-0.2, -0.15) is 11.8 Å². The Balaban J connectivity index is 4.57. The van der Waals surface area contributed by atoms with Crippen LogP contribution in [0.4, 0.5) is 0 Å². The number of carboxylic acids is 1. The number of carbonyl (C=O) groups excluding carboxylic acids is 3. The summed E-state index contributed by atoms with van der Waals surface area (Å²) >= 11 is 1.29. The van der Waals surface area contributed by atoms with E-state index < -0.39 is 18.1 Å². The van der Waals surface area contributed by atoms with Gasteiger partial charge in [-0.3, -0.25) is 14.4 Å². The van der Waals surface area contributed by atoms with Crippen LogP contribution in [0.2, 0.25) is 0 Å². The van der Waals surface area contributed by atoms with Crippen molar-refractivity contribution < 1.29 is 33.8 Å². The summed E-state index contributed by atoms with van der Waals surface area (Å²) in [5, 5.41) is 12.5. The highest BCUT2D eigenvalue weighted by Gasteiger charge is 2.23. The number of unbranched alkanes of at least 4 members (excludes halogenated alkanes) is 28. The van der Waals surface area contributed by atoms with Crippen molar-refractivity contribution in [1.29, 1.82) is 0 Å². The Morgan fingerprint density at radius 1 is 0.473 bits per heavy atom. The number of nitrogens with one attached hydrogen (secondary N) is 1. The fraction of sp³-hybridized carbons (Fsp3) is 0.913. The highest BCUT2D eigenvalue weighted by Crippen LogP contribution is 2.16. The zero-order valence-corrected chi connectivity index (χ0v) is 36.9. The summed E-state index contributed by atoms with van der Waals surface area (Å²) in [5.74, 6) is -1.52. The lowest BCUT2D eigenvalue weighted by atomic mass is 10.0. The minimum atomic E-state index is -1.09. The molecular formula is C46H87NO7S. The Bertz CT molecular complexity index is 902. The van der Waals surface area contributed by atoms with Gasteiger partial charge in [-0.25, -0.2) is 4.79 Å². The molecule has 0 saturated heterocycles. The van der Waals surface area contributed by atoms with Gasteiger partial charge in [0.2, 0.25) is 5.91 Å². The van der Waals surface area contributed by atoms with E-state index in [4.69, 9.17) is 9.47 Å². The molecular weight excluding hydrogens is 711 g/mol. The first-order valence-electron chi connectivity index (χ1n) is 23.3. The number of ether oxygens (including phenoxy) is 2. The van der Waals surface area contributed by atoms with E-state index in [1.54, 1.807) is 0 Å². The van der Waals surface area contributed by atoms with Crippen molar-refractivity contribution in [1.82, 2.24) is 5.32 Å². The highest BCUT2D eigenvalue weighted by molar-refractivity contribution is 7.99. The molecule has 0 aliphatic carbocycles. The minimum Gasteiger partial charge on any atom is -0.480 e. The third kappa shape index (κ3) is 38.9. The Morgan fingerprint density at radius 2 is 0.818 bits per heavy atom. The van der Waals surface area contributed by atoms with Gasteiger partial charge >= 0.3 is 17.9 Å². The van der Waals surface area contributed by atoms with Crippen LogP contribution in [0.1, 0.15) is 239 Å². The van der Waals surface area contributed by atoms with Crippen molar-refractivity contribution in [2.75, 3.05) is 18.1 Å². The number of rotatable bonds is 43. The van der Waals surface area contributed by atoms with Gasteiger partial charge < -0.3 is 19.9 Å². The third-order valence-corrected chi connectivity index (χ3v) is 11.6. The summed E-state index contributed by atoms with van der Waals surface area (Å²) < 4.78 is 11.3. The number of carbonyl (C=O) groups is 4. The quantitative estimate of drug-likeness (QED) is 0.0462. The first-order chi connectivity index (χ1) is 26.8. The van der Waals surface area contributed by atoms with E-state index in [2.05, 4.69) is 26.1 Å². The normalized spacial score (nSPS) is 12.3. The zero-order chi connectivity index (χ0) is 40.5. The molecule has 55 heavy (non-hydrogen) atoms. The van der Waals surface area contributed by atoms with Gasteiger partial charge in [0.25, 0.3) is 0 Å². The lowest BCUT2D eigenvalue weighted by Gasteiger charge is -2.19. The van der Waals surface area contributed by atoms with Crippen LogP contribution in [0.5, 0.6) is 0 Å². The average Bonchev–Trinajstić information content (AvgIpc) is 3.16. The van der Waals surface area contributed by atoms with Crippen molar-refractivity contribution in [3.63, 3.8) is 0 Å². The van der Waals surface area contributed by atoms with Crippen molar-refractivity contribution in [3.05, 3.63) is 0 Å². The Hall–Kier alpha value is -1.77. The number of carboxylic acid groups (broad SMARTS) is 1. The van der Waals surface area contributed by atoms with E-state index in [9.17, 15) is 24.3 Å². The summed E-state index contributed by atoms with van der Waals surface area (Å²) in [6.45, 7) is 6.65. The maximum absolute atomic E-state index is 12.8. The minimum absolute atomic E-state index is 0.0457. The maximum Gasteiger partial charge on any atom is 0.327 e. The van der Waals surface area contributed by atoms with E-state index in [0.29, 0.717) is 19.3 Å². The summed E-state index contributed by atoms with van der Waals surface area (Å²) in [4.78, 5) is 49.9. The van der Waals surface area contributed by atoms with Gasteiger partial charge in [-0.1, -0.05) is 201 Å². The average molecular weight is 798 g/mol. The number of thioether (sulfide) groups is 1. The highest BCUT2D eigenvalue weighted by atomic mass is 32.2. The zero-order valence-electron chi connectivity index (χ0n) is 36.1. The van der Waals surface area contributed by atoms with E-state index in [0.717, 1.165) is 57.8 Å². The Labute approximate surface area is 343 Å². The second kappa shape index (κ2) is 41.9. The van der Waals surface area contributed by atoms with Crippen molar-refractivity contribution in [2.45, 2.75) is 251 Å². The molecule has 0 aromatic rings. The van der Waals surface area contributed by atoms with Crippen LogP contribution in [0, 0.1) is 0 Å². The molecule has 0 rings (SSSR count). The fourth-order valence-corrected chi connectivity index (χ4v) is 7.87. The van der Waals surface area contributed by atoms with Gasteiger partial charge in [-0.05, 0) is 19.3 Å². The first-order valence-corrected chi connectivity index (χ1v) is 24.4. The number of esters is 2. The molecule has 0 bridgehead atoms. The molecule has 1 unspecified atom stereocenters. The van der Waals surface area contributed by atoms with E-state index in [-0.39, 0.29) is 36.0 Å². The van der Waals surface area contributed by atoms with Gasteiger partial charge in [-0.15, -0.1) is 0 Å². The molecule has 0 heterocycles. The molecule has 0 fully saturated rings. The molecule has 8 nitrogen and oxygen atoms in total. The van der Waals surface area contributed by atoms with Crippen molar-refractivity contribution >= 4 is 35.6 Å². The molecule has 0 aromatic carbocycles. The fourth-order valence-electron chi connectivity index (χ4n) is 6.84. The van der Waals surface area contributed by atoms with Crippen LogP contribution < -0.4 is 5.32 Å². The molecule has 1 amide bonds. The lowest BCUT2D eigenvalue weighted by Crippen LogP contribution is -2.42.